The van der Waals surface area contributed by atoms with Crippen LogP contribution in [0.5, 0.6) is 17.2 Å². The summed E-state index contributed by atoms with van der Waals surface area (Å²) in [4.78, 5) is 24.6. The molecule has 0 fully saturated rings. The summed E-state index contributed by atoms with van der Waals surface area (Å²) in [5.74, 6) is 0.990. The van der Waals surface area contributed by atoms with Crippen LogP contribution in [-0.4, -0.2) is 26.0 Å². The SMILES string of the molecule is COc1ccc(/C=C/C(=O)c2ccc(OC(=O)c3ccc(Br)cc3)cc2)c(OC)c1. The number of benzene rings is 3. The molecule has 0 aliphatic heterocycles. The second-order valence-corrected chi connectivity index (χ2v) is 7.14. The van der Waals surface area contributed by atoms with E-state index in [1.807, 2.05) is 6.07 Å². The van der Waals surface area contributed by atoms with Gasteiger partial charge >= 0.3 is 5.97 Å². The number of hydrogen-bond acceptors (Lipinski definition) is 5. The maximum Gasteiger partial charge on any atom is 0.343 e. The molecule has 152 valence electrons. The van der Waals surface area contributed by atoms with E-state index in [1.165, 1.54) is 6.08 Å². The molecule has 0 radical (unpaired) electrons. The van der Waals surface area contributed by atoms with Gasteiger partial charge in [0.1, 0.15) is 17.2 Å². The van der Waals surface area contributed by atoms with Crippen LogP contribution in [-0.2, 0) is 0 Å². The van der Waals surface area contributed by atoms with Crippen LogP contribution < -0.4 is 14.2 Å². The molecule has 5 nitrogen and oxygen atoms in total. The van der Waals surface area contributed by atoms with E-state index in [-0.39, 0.29) is 5.78 Å². The highest BCUT2D eigenvalue weighted by atomic mass is 79.9. The van der Waals surface area contributed by atoms with Crippen LogP contribution in [0.3, 0.4) is 0 Å². The van der Waals surface area contributed by atoms with E-state index in [1.54, 1.807) is 81.0 Å². The first-order chi connectivity index (χ1) is 14.5. The van der Waals surface area contributed by atoms with Crippen LogP contribution in [0.15, 0.2) is 77.3 Å². The van der Waals surface area contributed by atoms with Crippen molar-refractivity contribution in [3.8, 4) is 17.2 Å². The number of methoxy groups -OCH3 is 2. The smallest absolute Gasteiger partial charge is 0.343 e. The zero-order chi connectivity index (χ0) is 21.5. The molecule has 0 amide bonds. The molecule has 0 aromatic heterocycles. The van der Waals surface area contributed by atoms with Crippen molar-refractivity contribution in [3.05, 3.63) is 94.0 Å². The Balaban J connectivity index is 1.67. The lowest BCUT2D eigenvalue weighted by molar-refractivity contribution is 0.0734. The number of halogens is 1. The van der Waals surface area contributed by atoms with E-state index in [2.05, 4.69) is 15.9 Å². The summed E-state index contributed by atoms with van der Waals surface area (Å²) in [6.07, 6.45) is 3.15. The van der Waals surface area contributed by atoms with Gasteiger partial charge in [-0.3, -0.25) is 4.79 Å². The Bertz CT molecular complexity index is 1070. The van der Waals surface area contributed by atoms with Crippen LogP contribution in [0.1, 0.15) is 26.3 Å². The summed E-state index contributed by atoms with van der Waals surface area (Å²) < 4.78 is 16.7. The van der Waals surface area contributed by atoms with E-state index in [9.17, 15) is 9.59 Å². The van der Waals surface area contributed by atoms with Gasteiger partial charge in [0, 0.05) is 21.7 Å². The first-order valence-electron chi connectivity index (χ1n) is 9.02. The summed E-state index contributed by atoms with van der Waals surface area (Å²) in [5.41, 5.74) is 1.67. The first kappa shape index (κ1) is 21.3. The topological polar surface area (TPSA) is 61.8 Å². The van der Waals surface area contributed by atoms with Crippen molar-refractivity contribution < 1.29 is 23.8 Å². The van der Waals surface area contributed by atoms with Crippen LogP contribution in [0.4, 0.5) is 0 Å². The van der Waals surface area contributed by atoms with Gasteiger partial charge in [-0.25, -0.2) is 4.79 Å². The van der Waals surface area contributed by atoms with Gasteiger partial charge in [0.15, 0.2) is 5.78 Å². The lowest BCUT2D eigenvalue weighted by atomic mass is 10.1. The normalized spacial score (nSPS) is 10.6. The van der Waals surface area contributed by atoms with Gasteiger partial charge < -0.3 is 14.2 Å². The summed E-state index contributed by atoms with van der Waals surface area (Å²) >= 11 is 3.32. The van der Waals surface area contributed by atoms with Crippen LogP contribution >= 0.6 is 15.9 Å². The lowest BCUT2D eigenvalue weighted by Crippen LogP contribution is -2.08. The van der Waals surface area contributed by atoms with E-state index in [0.717, 1.165) is 10.0 Å². The zero-order valence-electron chi connectivity index (χ0n) is 16.4. The van der Waals surface area contributed by atoms with E-state index < -0.39 is 5.97 Å². The third kappa shape index (κ3) is 5.36. The number of carbonyl (C=O) groups excluding carboxylic acids is 2. The number of allylic oxidation sites excluding steroid dienone is 1. The Morgan fingerprint density at radius 3 is 2.07 bits per heavy atom. The lowest BCUT2D eigenvalue weighted by Gasteiger charge is -2.07. The second-order valence-electron chi connectivity index (χ2n) is 6.23. The zero-order valence-corrected chi connectivity index (χ0v) is 18.0. The molecule has 0 saturated heterocycles. The van der Waals surface area contributed by atoms with Gasteiger partial charge in [-0.2, -0.15) is 0 Å². The van der Waals surface area contributed by atoms with E-state index in [0.29, 0.717) is 28.4 Å². The minimum Gasteiger partial charge on any atom is -0.497 e. The highest BCUT2D eigenvalue weighted by Gasteiger charge is 2.10. The maximum atomic E-state index is 12.5. The van der Waals surface area contributed by atoms with Crippen LogP contribution in [0, 0.1) is 0 Å². The molecule has 3 aromatic carbocycles. The molecule has 0 saturated carbocycles. The summed E-state index contributed by atoms with van der Waals surface area (Å²) in [5, 5.41) is 0. The molecule has 0 N–H and O–H groups in total. The molecule has 3 rings (SSSR count). The van der Waals surface area contributed by atoms with Crippen molar-refractivity contribution in [2.75, 3.05) is 14.2 Å². The predicted molar refractivity (Wildman–Crippen MR) is 118 cm³/mol. The van der Waals surface area contributed by atoms with Crippen molar-refractivity contribution in [2.24, 2.45) is 0 Å². The highest BCUT2D eigenvalue weighted by Crippen LogP contribution is 2.26. The average Bonchev–Trinajstić information content (AvgIpc) is 2.78. The van der Waals surface area contributed by atoms with Gasteiger partial charge in [0.2, 0.25) is 0 Å². The molecule has 0 spiro atoms. The number of hydrogen-bond donors (Lipinski definition) is 0. The van der Waals surface area contributed by atoms with Gasteiger partial charge in [-0.05, 0) is 72.8 Å². The Hall–Kier alpha value is -3.38. The fourth-order valence-corrected chi connectivity index (χ4v) is 2.92. The van der Waals surface area contributed by atoms with Crippen molar-refractivity contribution in [2.45, 2.75) is 0 Å². The number of esters is 1. The van der Waals surface area contributed by atoms with Crippen molar-refractivity contribution in [1.82, 2.24) is 0 Å². The minimum absolute atomic E-state index is 0.182. The fourth-order valence-electron chi connectivity index (χ4n) is 2.66. The maximum absolute atomic E-state index is 12.5. The Morgan fingerprint density at radius 1 is 0.800 bits per heavy atom. The molecule has 3 aromatic rings. The monoisotopic (exact) mass is 466 g/mol. The molecule has 6 heteroatoms. The summed E-state index contributed by atoms with van der Waals surface area (Å²) in [7, 11) is 3.13. The predicted octanol–water partition coefficient (Wildman–Crippen LogP) is 5.58. The second kappa shape index (κ2) is 9.89. The highest BCUT2D eigenvalue weighted by molar-refractivity contribution is 9.10. The number of ketones is 1. The first-order valence-corrected chi connectivity index (χ1v) is 9.81. The average molecular weight is 467 g/mol. The summed E-state index contributed by atoms with van der Waals surface area (Å²) in [6.45, 7) is 0. The van der Waals surface area contributed by atoms with Crippen molar-refractivity contribution in [3.63, 3.8) is 0 Å². The van der Waals surface area contributed by atoms with Crippen molar-refractivity contribution in [1.29, 1.82) is 0 Å². The molecule has 0 bridgehead atoms. The molecular weight excluding hydrogens is 448 g/mol. The fraction of sp³-hybridized carbons (Fsp3) is 0.0833. The number of carbonyl (C=O) groups is 2. The van der Waals surface area contributed by atoms with E-state index in [4.69, 9.17) is 14.2 Å². The number of rotatable bonds is 7. The Labute approximate surface area is 183 Å². The molecule has 0 unspecified atom stereocenters. The van der Waals surface area contributed by atoms with Gasteiger partial charge in [-0.1, -0.05) is 15.9 Å². The van der Waals surface area contributed by atoms with E-state index >= 15 is 0 Å². The molecule has 30 heavy (non-hydrogen) atoms. The Morgan fingerprint density at radius 2 is 1.43 bits per heavy atom. The standard InChI is InChI=1S/C24H19BrO5/c1-28-21-13-7-17(23(15-21)29-2)8-14-22(26)16-5-11-20(12-6-16)30-24(27)18-3-9-19(25)10-4-18/h3-15H,1-2H3/b14-8+. The third-order valence-corrected chi connectivity index (χ3v) is 4.81. The largest absolute Gasteiger partial charge is 0.497 e. The quantitative estimate of drug-likeness (QED) is 0.197. The van der Waals surface area contributed by atoms with Crippen molar-refractivity contribution >= 4 is 33.8 Å². The molecule has 0 heterocycles. The third-order valence-electron chi connectivity index (χ3n) is 4.28. The Kier molecular flexibility index (Phi) is 7.03. The summed E-state index contributed by atoms with van der Waals surface area (Å²) in [6, 6.07) is 18.6. The minimum atomic E-state index is -0.465. The molecular formula is C24H19BrO5. The van der Waals surface area contributed by atoms with Crippen LogP contribution in [0.25, 0.3) is 6.08 Å². The molecule has 0 aliphatic carbocycles. The number of ether oxygens (including phenoxy) is 3. The van der Waals surface area contributed by atoms with Gasteiger partial charge in [-0.15, -0.1) is 0 Å². The molecule has 0 atom stereocenters. The van der Waals surface area contributed by atoms with Crippen LogP contribution in [0.2, 0.25) is 0 Å². The van der Waals surface area contributed by atoms with Gasteiger partial charge in [0.05, 0.1) is 19.8 Å². The molecule has 0 aliphatic rings. The van der Waals surface area contributed by atoms with Gasteiger partial charge in [0.25, 0.3) is 0 Å².